The van der Waals surface area contributed by atoms with Crippen molar-refractivity contribution >= 4 is 35.8 Å². The zero-order valence-corrected chi connectivity index (χ0v) is 13.7. The highest BCUT2D eigenvalue weighted by Gasteiger charge is 2.05. The summed E-state index contributed by atoms with van der Waals surface area (Å²) >= 11 is 0. The lowest BCUT2D eigenvalue weighted by Crippen LogP contribution is -2.42. The Bertz CT molecular complexity index is 408. The predicted octanol–water partition coefficient (Wildman–Crippen LogP) is 0.453. The van der Waals surface area contributed by atoms with Crippen molar-refractivity contribution in [1.82, 2.24) is 20.5 Å². The molecule has 0 radical (unpaired) electrons. The van der Waals surface area contributed by atoms with Crippen molar-refractivity contribution < 1.29 is 4.79 Å². The first kappa shape index (κ1) is 17.6. The van der Waals surface area contributed by atoms with Gasteiger partial charge in [0.15, 0.2) is 5.96 Å². The van der Waals surface area contributed by atoms with Gasteiger partial charge in [0, 0.05) is 27.3 Å². The van der Waals surface area contributed by atoms with Crippen LogP contribution in [0.5, 0.6) is 0 Å². The fraction of sp³-hybridized carbons (Fsp3) is 0.417. The number of carbonyl (C=O) groups excluding carboxylic acids is 1. The van der Waals surface area contributed by atoms with Crippen LogP contribution in [0.2, 0.25) is 0 Å². The van der Waals surface area contributed by atoms with Crippen LogP contribution in [0.3, 0.4) is 0 Å². The summed E-state index contributed by atoms with van der Waals surface area (Å²) < 4.78 is 0. The highest BCUT2D eigenvalue weighted by molar-refractivity contribution is 14.0. The number of aromatic nitrogens is 1. The van der Waals surface area contributed by atoms with Crippen LogP contribution >= 0.6 is 24.0 Å². The second kappa shape index (κ2) is 9.54. The molecule has 1 rings (SSSR count). The van der Waals surface area contributed by atoms with E-state index in [-0.39, 0.29) is 36.4 Å². The van der Waals surface area contributed by atoms with Gasteiger partial charge in [0.25, 0.3) is 0 Å². The molecule has 0 atom stereocenters. The van der Waals surface area contributed by atoms with Crippen molar-refractivity contribution in [2.24, 2.45) is 4.99 Å². The van der Waals surface area contributed by atoms with Crippen molar-refractivity contribution in [2.45, 2.75) is 6.54 Å². The third-order valence-electron chi connectivity index (χ3n) is 2.29. The first-order valence-electron chi connectivity index (χ1n) is 5.68. The molecule has 0 aromatic carbocycles. The zero-order chi connectivity index (χ0) is 13.4. The lowest BCUT2D eigenvalue weighted by molar-refractivity contribution is -0.127. The van der Waals surface area contributed by atoms with E-state index in [0.29, 0.717) is 12.5 Å². The first-order chi connectivity index (χ1) is 8.63. The highest BCUT2D eigenvalue weighted by Crippen LogP contribution is 1.91. The van der Waals surface area contributed by atoms with E-state index in [1.54, 1.807) is 27.3 Å². The zero-order valence-electron chi connectivity index (χ0n) is 11.4. The normalized spacial score (nSPS) is 10.4. The van der Waals surface area contributed by atoms with E-state index in [0.717, 1.165) is 5.69 Å². The molecule has 0 aliphatic carbocycles. The number of hydrogen-bond acceptors (Lipinski definition) is 3. The molecule has 0 bridgehead atoms. The Balaban J connectivity index is 0.00000324. The third-order valence-corrected chi connectivity index (χ3v) is 2.29. The Labute approximate surface area is 130 Å². The Morgan fingerprint density at radius 3 is 2.63 bits per heavy atom. The topological polar surface area (TPSA) is 69.6 Å². The maximum Gasteiger partial charge on any atom is 0.241 e. The molecule has 0 aliphatic rings. The third kappa shape index (κ3) is 6.94. The minimum atomic E-state index is -0.00390. The average Bonchev–Trinajstić information content (AvgIpc) is 2.39. The molecule has 19 heavy (non-hydrogen) atoms. The molecule has 1 heterocycles. The molecule has 106 valence electrons. The second-order valence-corrected chi connectivity index (χ2v) is 3.89. The Kier molecular flexibility index (Phi) is 8.84. The summed E-state index contributed by atoms with van der Waals surface area (Å²) in [6.45, 7) is 0.783. The van der Waals surface area contributed by atoms with Gasteiger partial charge in [-0.15, -0.1) is 24.0 Å². The molecule has 0 aliphatic heterocycles. The number of pyridine rings is 1. The quantitative estimate of drug-likeness (QED) is 0.454. The fourth-order valence-electron chi connectivity index (χ4n) is 1.22. The van der Waals surface area contributed by atoms with Crippen LogP contribution in [0.4, 0.5) is 0 Å². The van der Waals surface area contributed by atoms with Crippen LogP contribution < -0.4 is 10.6 Å². The molecule has 1 amide bonds. The van der Waals surface area contributed by atoms with E-state index in [1.165, 1.54) is 4.90 Å². The largest absolute Gasteiger partial charge is 0.351 e. The number of hydrogen-bond donors (Lipinski definition) is 2. The molecular weight excluding hydrogens is 357 g/mol. The summed E-state index contributed by atoms with van der Waals surface area (Å²) in [6, 6.07) is 5.72. The van der Waals surface area contributed by atoms with E-state index < -0.39 is 0 Å². The Morgan fingerprint density at radius 1 is 1.37 bits per heavy atom. The van der Waals surface area contributed by atoms with E-state index in [4.69, 9.17) is 0 Å². The van der Waals surface area contributed by atoms with Gasteiger partial charge in [-0.2, -0.15) is 0 Å². The number of likely N-dealkylation sites (N-methyl/N-ethyl adjacent to an activating group) is 1. The smallest absolute Gasteiger partial charge is 0.241 e. The van der Waals surface area contributed by atoms with Gasteiger partial charge in [0.1, 0.15) is 0 Å². The Morgan fingerprint density at radius 2 is 2.11 bits per heavy atom. The van der Waals surface area contributed by atoms with Crippen LogP contribution in [0.15, 0.2) is 29.4 Å². The summed E-state index contributed by atoms with van der Waals surface area (Å²) in [6.07, 6.45) is 1.74. The van der Waals surface area contributed by atoms with E-state index in [1.807, 2.05) is 18.2 Å². The number of halogens is 1. The minimum absolute atomic E-state index is 0. The van der Waals surface area contributed by atoms with E-state index >= 15 is 0 Å². The lowest BCUT2D eigenvalue weighted by Gasteiger charge is -2.14. The number of amides is 1. The van der Waals surface area contributed by atoms with E-state index in [9.17, 15) is 4.79 Å². The molecule has 1 aromatic rings. The monoisotopic (exact) mass is 377 g/mol. The van der Waals surface area contributed by atoms with Crippen molar-refractivity contribution in [2.75, 3.05) is 27.7 Å². The molecule has 1 aromatic heterocycles. The molecule has 0 saturated carbocycles. The van der Waals surface area contributed by atoms with Crippen LogP contribution in [0.1, 0.15) is 5.69 Å². The maximum atomic E-state index is 11.4. The fourth-order valence-corrected chi connectivity index (χ4v) is 1.22. The molecule has 0 saturated heterocycles. The molecule has 0 spiro atoms. The summed E-state index contributed by atoms with van der Waals surface area (Å²) in [5.41, 5.74) is 0.916. The van der Waals surface area contributed by atoms with Crippen molar-refractivity contribution in [3.63, 3.8) is 0 Å². The van der Waals surface area contributed by atoms with Crippen molar-refractivity contribution in [3.8, 4) is 0 Å². The first-order valence-corrected chi connectivity index (χ1v) is 5.68. The van der Waals surface area contributed by atoms with Gasteiger partial charge >= 0.3 is 0 Å². The molecule has 6 nitrogen and oxygen atoms in total. The van der Waals surface area contributed by atoms with E-state index in [2.05, 4.69) is 20.6 Å². The van der Waals surface area contributed by atoms with Crippen LogP contribution in [0.25, 0.3) is 0 Å². The van der Waals surface area contributed by atoms with Gasteiger partial charge in [-0.1, -0.05) is 6.07 Å². The number of carbonyl (C=O) groups is 1. The minimum Gasteiger partial charge on any atom is -0.351 e. The highest BCUT2D eigenvalue weighted by atomic mass is 127. The number of aliphatic imine (C=N–C) groups is 1. The molecular formula is C12H20IN5O. The molecule has 0 unspecified atom stereocenters. The van der Waals surface area contributed by atoms with Gasteiger partial charge in [0.05, 0.1) is 18.8 Å². The molecule has 2 N–H and O–H groups in total. The predicted molar refractivity (Wildman–Crippen MR) is 86.5 cm³/mol. The Hall–Kier alpha value is -1.38. The van der Waals surface area contributed by atoms with Crippen LogP contribution in [0, 0.1) is 0 Å². The number of nitrogens with zero attached hydrogens (tertiary/aromatic N) is 3. The average molecular weight is 377 g/mol. The molecule has 7 heteroatoms. The maximum absolute atomic E-state index is 11.4. The van der Waals surface area contributed by atoms with Gasteiger partial charge < -0.3 is 15.5 Å². The summed E-state index contributed by atoms with van der Waals surface area (Å²) in [5.74, 6) is 0.576. The second-order valence-electron chi connectivity index (χ2n) is 3.89. The number of rotatable bonds is 4. The van der Waals surface area contributed by atoms with Gasteiger partial charge in [-0.3, -0.25) is 14.8 Å². The van der Waals surface area contributed by atoms with Crippen molar-refractivity contribution in [3.05, 3.63) is 30.1 Å². The SMILES string of the molecule is CN=C(NCC(=O)N(C)C)NCc1ccccn1.I. The number of guanidine groups is 1. The van der Waals surface area contributed by atoms with Gasteiger partial charge in [-0.25, -0.2) is 0 Å². The van der Waals surface area contributed by atoms with Crippen molar-refractivity contribution in [1.29, 1.82) is 0 Å². The van der Waals surface area contributed by atoms with Crippen LogP contribution in [-0.2, 0) is 11.3 Å². The van der Waals surface area contributed by atoms with Gasteiger partial charge in [-0.05, 0) is 12.1 Å². The summed E-state index contributed by atoms with van der Waals surface area (Å²) in [7, 11) is 5.09. The number of nitrogens with one attached hydrogen (secondary N) is 2. The molecule has 0 fully saturated rings. The summed E-state index contributed by atoms with van der Waals surface area (Å²) in [5, 5.41) is 6.03. The van der Waals surface area contributed by atoms with Gasteiger partial charge in [0.2, 0.25) is 5.91 Å². The summed E-state index contributed by atoms with van der Waals surface area (Å²) in [4.78, 5) is 21.2. The standard InChI is InChI=1S/C12H19N5O.HI/c1-13-12(16-9-11(18)17(2)3)15-8-10-6-4-5-7-14-10;/h4-7H,8-9H2,1-3H3,(H2,13,15,16);1H. The van der Waals surface area contributed by atoms with Crippen LogP contribution in [-0.4, -0.2) is 49.4 Å². The lowest BCUT2D eigenvalue weighted by atomic mass is 10.3.